The third kappa shape index (κ3) is 1.94. The maximum atomic E-state index is 9.30. The lowest BCUT2D eigenvalue weighted by molar-refractivity contribution is -0.107. The van der Waals surface area contributed by atoms with E-state index in [1.807, 2.05) is 0 Å². The van der Waals surface area contributed by atoms with Gasteiger partial charge in [0, 0.05) is 5.92 Å². The van der Waals surface area contributed by atoms with Crippen molar-refractivity contribution in [3.8, 4) is 6.07 Å². The van der Waals surface area contributed by atoms with Crippen LogP contribution in [0.3, 0.4) is 0 Å². The lowest BCUT2D eigenvalue weighted by atomic mass is 9.45. The highest BCUT2D eigenvalue weighted by Gasteiger charge is 2.57. The van der Waals surface area contributed by atoms with Crippen LogP contribution in [-0.4, -0.2) is 0 Å². The van der Waals surface area contributed by atoms with Crippen molar-refractivity contribution in [1.82, 2.24) is 0 Å². The molecule has 0 radical (unpaired) electrons. The van der Waals surface area contributed by atoms with Crippen LogP contribution in [0, 0.1) is 51.8 Å². The molecule has 6 unspecified atom stereocenters. The summed E-state index contributed by atoms with van der Waals surface area (Å²) in [5.41, 5.74) is 1.26. The van der Waals surface area contributed by atoms with Gasteiger partial charge in [0.05, 0.1) is 6.07 Å². The van der Waals surface area contributed by atoms with Crippen LogP contribution in [-0.2, 0) is 0 Å². The van der Waals surface area contributed by atoms with Gasteiger partial charge in [-0.05, 0) is 92.3 Å². The topological polar surface area (TPSA) is 23.8 Å². The molecule has 4 saturated carbocycles. The predicted molar refractivity (Wildman–Crippen MR) is 85.4 cm³/mol. The van der Waals surface area contributed by atoms with Crippen molar-refractivity contribution in [3.63, 3.8) is 0 Å². The van der Waals surface area contributed by atoms with Gasteiger partial charge in [0.1, 0.15) is 0 Å². The summed E-state index contributed by atoms with van der Waals surface area (Å²) >= 11 is 0. The largest absolute Gasteiger partial charge is 0.198 e. The van der Waals surface area contributed by atoms with Crippen LogP contribution in [0.1, 0.15) is 78.1 Å². The molecule has 0 aliphatic heterocycles. The van der Waals surface area contributed by atoms with Gasteiger partial charge >= 0.3 is 0 Å². The van der Waals surface area contributed by atoms with Gasteiger partial charge in [0.15, 0.2) is 0 Å². The van der Waals surface area contributed by atoms with E-state index >= 15 is 0 Å². The smallest absolute Gasteiger partial charge is 0.0655 e. The van der Waals surface area contributed by atoms with Gasteiger partial charge in [-0.25, -0.2) is 0 Å². The fourth-order valence-electron chi connectivity index (χ4n) is 7.37. The summed E-state index contributed by atoms with van der Waals surface area (Å²) in [5.74, 6) is 4.24. The molecule has 0 saturated heterocycles. The van der Waals surface area contributed by atoms with E-state index in [2.05, 4.69) is 19.9 Å². The molecule has 21 heavy (non-hydrogen) atoms. The van der Waals surface area contributed by atoms with E-state index in [9.17, 15) is 5.26 Å². The van der Waals surface area contributed by atoms with Crippen LogP contribution in [0.2, 0.25) is 0 Å². The van der Waals surface area contributed by atoms with Crippen molar-refractivity contribution in [3.05, 3.63) is 0 Å². The molecule has 4 aliphatic carbocycles. The summed E-state index contributed by atoms with van der Waals surface area (Å²) in [6.07, 6.45) is 14.1. The van der Waals surface area contributed by atoms with Crippen LogP contribution in [0.4, 0.5) is 0 Å². The third-order valence-electron chi connectivity index (χ3n) is 8.63. The van der Waals surface area contributed by atoms with E-state index in [1.165, 1.54) is 64.2 Å². The molecule has 0 spiro atoms. The average molecular weight is 285 g/mol. The summed E-state index contributed by atoms with van der Waals surface area (Å²) in [7, 11) is 0. The highest BCUT2D eigenvalue weighted by atomic mass is 14.6. The highest BCUT2D eigenvalue weighted by molar-refractivity contribution is 5.08. The SMILES string of the molecule is CC12CCCC1C1CCC3C[C@H](C#N)CCC3(C)C1CC2. The Morgan fingerprint density at radius 1 is 0.905 bits per heavy atom. The first-order chi connectivity index (χ1) is 10.1. The molecule has 0 heterocycles. The van der Waals surface area contributed by atoms with Crippen LogP contribution < -0.4 is 0 Å². The molecule has 0 N–H and O–H groups in total. The minimum absolute atomic E-state index is 0.361. The normalized spacial score (nSPS) is 56.0. The standard InChI is InChI=1S/C20H31N/c1-19-9-3-4-17(19)16-6-5-15-12-14(13-21)7-11-20(15,2)18(16)8-10-19/h14-18H,3-12H2,1-2H3/t14-,15?,16?,17?,18?,19?,20?/m1/s1. The van der Waals surface area contributed by atoms with E-state index in [4.69, 9.17) is 0 Å². The van der Waals surface area contributed by atoms with Gasteiger partial charge in [-0.2, -0.15) is 5.26 Å². The van der Waals surface area contributed by atoms with Crippen molar-refractivity contribution >= 4 is 0 Å². The van der Waals surface area contributed by atoms with Crippen molar-refractivity contribution in [2.45, 2.75) is 78.1 Å². The monoisotopic (exact) mass is 285 g/mol. The molecule has 4 rings (SSSR count). The van der Waals surface area contributed by atoms with Gasteiger partial charge in [-0.15, -0.1) is 0 Å². The molecule has 7 atom stereocenters. The van der Waals surface area contributed by atoms with Crippen LogP contribution in [0.25, 0.3) is 0 Å². The maximum Gasteiger partial charge on any atom is 0.0655 e. The first-order valence-corrected chi connectivity index (χ1v) is 9.46. The van der Waals surface area contributed by atoms with Crippen molar-refractivity contribution in [2.24, 2.45) is 40.4 Å². The number of nitriles is 1. The fourth-order valence-corrected chi connectivity index (χ4v) is 7.37. The Balaban J connectivity index is 1.60. The molecule has 1 heteroatoms. The molecule has 0 aromatic carbocycles. The van der Waals surface area contributed by atoms with Gasteiger partial charge in [-0.3, -0.25) is 0 Å². The molecule has 0 bridgehead atoms. The minimum atomic E-state index is 0.361. The zero-order valence-corrected chi connectivity index (χ0v) is 13.9. The zero-order chi connectivity index (χ0) is 14.7. The fraction of sp³-hybridized carbons (Fsp3) is 0.950. The zero-order valence-electron chi connectivity index (χ0n) is 13.9. The first-order valence-electron chi connectivity index (χ1n) is 9.46. The van der Waals surface area contributed by atoms with Crippen molar-refractivity contribution in [2.75, 3.05) is 0 Å². The molecule has 4 aliphatic rings. The van der Waals surface area contributed by atoms with Crippen LogP contribution in [0.5, 0.6) is 0 Å². The second-order valence-corrected chi connectivity index (χ2v) is 9.34. The number of nitrogens with zero attached hydrogens (tertiary/aromatic N) is 1. The Morgan fingerprint density at radius 3 is 2.57 bits per heavy atom. The molecule has 0 amide bonds. The van der Waals surface area contributed by atoms with E-state index in [0.717, 1.165) is 23.7 Å². The first kappa shape index (κ1) is 14.1. The number of fused-ring (bicyclic) bond motifs is 5. The lowest BCUT2D eigenvalue weighted by Gasteiger charge is -2.60. The molecule has 4 fully saturated rings. The highest BCUT2D eigenvalue weighted by Crippen LogP contribution is 2.66. The van der Waals surface area contributed by atoms with Gasteiger partial charge in [0.2, 0.25) is 0 Å². The number of hydrogen-bond acceptors (Lipinski definition) is 1. The summed E-state index contributed by atoms with van der Waals surface area (Å²) in [4.78, 5) is 0. The molecular weight excluding hydrogens is 254 g/mol. The molecule has 0 aromatic heterocycles. The Morgan fingerprint density at radius 2 is 1.76 bits per heavy atom. The summed E-state index contributed by atoms with van der Waals surface area (Å²) in [5, 5.41) is 9.30. The molecule has 116 valence electrons. The molecule has 1 nitrogen and oxygen atoms in total. The summed E-state index contributed by atoms with van der Waals surface area (Å²) in [6, 6.07) is 2.57. The van der Waals surface area contributed by atoms with E-state index in [-0.39, 0.29) is 0 Å². The van der Waals surface area contributed by atoms with E-state index < -0.39 is 0 Å². The van der Waals surface area contributed by atoms with Gasteiger partial charge in [-0.1, -0.05) is 20.3 Å². The van der Waals surface area contributed by atoms with E-state index in [1.54, 1.807) is 0 Å². The van der Waals surface area contributed by atoms with Crippen molar-refractivity contribution in [1.29, 1.82) is 5.26 Å². The summed E-state index contributed by atoms with van der Waals surface area (Å²) < 4.78 is 0. The molecular formula is C20H31N. The molecule has 0 aromatic rings. The van der Waals surface area contributed by atoms with E-state index in [0.29, 0.717) is 16.7 Å². The van der Waals surface area contributed by atoms with Crippen LogP contribution >= 0.6 is 0 Å². The Kier molecular flexibility index (Phi) is 3.18. The summed E-state index contributed by atoms with van der Waals surface area (Å²) in [6.45, 7) is 5.21. The Labute approximate surface area is 130 Å². The van der Waals surface area contributed by atoms with Gasteiger partial charge in [0.25, 0.3) is 0 Å². The maximum absolute atomic E-state index is 9.30. The van der Waals surface area contributed by atoms with Gasteiger partial charge < -0.3 is 0 Å². The second-order valence-electron chi connectivity index (χ2n) is 9.34. The van der Waals surface area contributed by atoms with Crippen LogP contribution in [0.15, 0.2) is 0 Å². The quantitative estimate of drug-likeness (QED) is 0.571. The Hall–Kier alpha value is -0.510. The lowest BCUT2D eigenvalue weighted by Crippen LogP contribution is -2.52. The third-order valence-corrected chi connectivity index (χ3v) is 8.63. The predicted octanol–water partition coefficient (Wildman–Crippen LogP) is 5.56. The number of hydrogen-bond donors (Lipinski definition) is 0. The Bertz CT molecular complexity index is 463. The average Bonchev–Trinajstić information content (AvgIpc) is 2.88. The second kappa shape index (κ2) is 4.74. The minimum Gasteiger partial charge on any atom is -0.198 e. The number of rotatable bonds is 0. The van der Waals surface area contributed by atoms with Crippen molar-refractivity contribution < 1.29 is 0 Å².